The summed E-state index contributed by atoms with van der Waals surface area (Å²) in [5.74, 6) is 2.87. The van der Waals surface area contributed by atoms with Crippen LogP contribution in [0, 0.1) is 12.8 Å². The van der Waals surface area contributed by atoms with Crippen LogP contribution in [-0.2, 0) is 6.42 Å². The zero-order valence-electron chi connectivity index (χ0n) is 14.3. The zero-order chi connectivity index (χ0) is 15.6. The summed E-state index contributed by atoms with van der Waals surface area (Å²) in [7, 11) is 0. The predicted molar refractivity (Wildman–Crippen MR) is 95.0 cm³/mol. The molecule has 1 aliphatic heterocycles. The lowest BCUT2D eigenvalue weighted by molar-refractivity contribution is 0.355. The number of aromatic amines is 1. The molecule has 4 heteroatoms. The summed E-state index contributed by atoms with van der Waals surface area (Å²) in [4.78, 5) is 15.6. The van der Waals surface area contributed by atoms with Crippen molar-refractivity contribution in [3.8, 4) is 0 Å². The van der Waals surface area contributed by atoms with Crippen LogP contribution in [-0.4, -0.2) is 28.0 Å². The largest absolute Gasteiger partial charge is 0.355 e. The predicted octanol–water partition coefficient (Wildman–Crippen LogP) is 4.38. The Morgan fingerprint density at radius 1 is 1.04 bits per heavy atom. The van der Waals surface area contributed by atoms with E-state index in [0.29, 0.717) is 0 Å². The van der Waals surface area contributed by atoms with Gasteiger partial charge in [0.15, 0.2) is 5.82 Å². The van der Waals surface area contributed by atoms with Crippen LogP contribution >= 0.6 is 0 Å². The van der Waals surface area contributed by atoms with Gasteiger partial charge >= 0.3 is 0 Å². The van der Waals surface area contributed by atoms with Crippen molar-refractivity contribution >= 4 is 16.9 Å². The molecular weight excluding hydrogens is 284 g/mol. The van der Waals surface area contributed by atoms with Crippen LogP contribution in [0.25, 0.3) is 11.0 Å². The van der Waals surface area contributed by atoms with Crippen molar-refractivity contribution in [2.75, 3.05) is 18.0 Å². The molecule has 0 atom stereocenters. The molecule has 4 nitrogen and oxygen atoms in total. The summed E-state index contributed by atoms with van der Waals surface area (Å²) in [5.41, 5.74) is 3.61. The number of nitrogens with zero attached hydrogens (tertiary/aromatic N) is 3. The first-order chi connectivity index (χ1) is 11.3. The quantitative estimate of drug-likeness (QED) is 0.914. The lowest BCUT2D eigenvalue weighted by Gasteiger charge is -2.28. The highest BCUT2D eigenvalue weighted by Crippen LogP contribution is 2.30. The molecule has 0 spiro atoms. The normalized spacial score (nSPS) is 20.3. The minimum atomic E-state index is 0.851. The fourth-order valence-corrected chi connectivity index (χ4v) is 4.31. The average Bonchev–Trinajstić information content (AvgIpc) is 2.98. The second kappa shape index (κ2) is 6.50. The van der Waals surface area contributed by atoms with Gasteiger partial charge in [0, 0.05) is 18.8 Å². The molecule has 2 fully saturated rings. The van der Waals surface area contributed by atoms with E-state index in [1.807, 2.05) is 6.92 Å². The molecule has 1 aliphatic carbocycles. The summed E-state index contributed by atoms with van der Waals surface area (Å²) >= 11 is 0. The Morgan fingerprint density at radius 3 is 2.57 bits per heavy atom. The van der Waals surface area contributed by atoms with Crippen LogP contribution in [0.1, 0.15) is 62.9 Å². The summed E-state index contributed by atoms with van der Waals surface area (Å²) in [6.45, 7) is 4.27. The summed E-state index contributed by atoms with van der Waals surface area (Å²) in [5, 5.41) is 0. The molecule has 1 saturated heterocycles. The van der Waals surface area contributed by atoms with Crippen molar-refractivity contribution in [2.45, 2.75) is 64.7 Å². The van der Waals surface area contributed by atoms with Crippen LogP contribution in [0.15, 0.2) is 6.07 Å². The topological polar surface area (TPSA) is 44.8 Å². The van der Waals surface area contributed by atoms with Gasteiger partial charge in [0.05, 0.1) is 5.52 Å². The molecule has 1 saturated carbocycles. The number of hydrogen-bond acceptors (Lipinski definition) is 3. The number of aromatic nitrogens is 3. The Hall–Kier alpha value is -1.58. The Morgan fingerprint density at radius 2 is 1.78 bits per heavy atom. The van der Waals surface area contributed by atoms with Crippen LogP contribution < -0.4 is 4.90 Å². The van der Waals surface area contributed by atoms with Crippen molar-refractivity contribution in [3.05, 3.63) is 17.6 Å². The minimum absolute atomic E-state index is 0.851. The minimum Gasteiger partial charge on any atom is -0.355 e. The molecule has 2 aromatic heterocycles. The van der Waals surface area contributed by atoms with Gasteiger partial charge in [-0.25, -0.2) is 9.97 Å². The molecule has 4 rings (SSSR count). The molecule has 0 amide bonds. The Kier molecular flexibility index (Phi) is 4.23. The molecule has 2 aliphatic rings. The number of rotatable bonds is 3. The Balaban J connectivity index is 1.63. The third-order valence-corrected chi connectivity index (χ3v) is 5.52. The van der Waals surface area contributed by atoms with Gasteiger partial charge in [0.1, 0.15) is 11.3 Å². The van der Waals surface area contributed by atoms with Gasteiger partial charge < -0.3 is 9.88 Å². The van der Waals surface area contributed by atoms with E-state index in [-0.39, 0.29) is 0 Å². The van der Waals surface area contributed by atoms with E-state index in [0.717, 1.165) is 41.7 Å². The number of hydrogen-bond donors (Lipinski definition) is 1. The van der Waals surface area contributed by atoms with E-state index in [4.69, 9.17) is 4.98 Å². The first-order valence-corrected chi connectivity index (χ1v) is 9.41. The van der Waals surface area contributed by atoms with Crippen molar-refractivity contribution in [1.82, 2.24) is 15.0 Å². The van der Waals surface area contributed by atoms with E-state index in [1.54, 1.807) is 0 Å². The van der Waals surface area contributed by atoms with E-state index < -0.39 is 0 Å². The highest BCUT2D eigenvalue weighted by atomic mass is 15.2. The fraction of sp³-hybridized carbons (Fsp3) is 0.684. The molecule has 0 radical (unpaired) electrons. The first kappa shape index (κ1) is 15.0. The summed E-state index contributed by atoms with van der Waals surface area (Å²) in [6, 6.07) is 2.27. The number of fused-ring (bicyclic) bond motifs is 1. The van der Waals surface area contributed by atoms with Gasteiger partial charge in [-0.15, -0.1) is 0 Å². The smallest absolute Gasteiger partial charge is 0.156 e. The van der Waals surface area contributed by atoms with Crippen LogP contribution in [0.2, 0.25) is 0 Å². The molecule has 0 aromatic carbocycles. The van der Waals surface area contributed by atoms with Crippen LogP contribution in [0.3, 0.4) is 0 Å². The molecular formula is C19H28N4. The number of anilines is 1. The molecule has 124 valence electrons. The third kappa shape index (κ3) is 3.22. The molecule has 1 N–H and O–H groups in total. The zero-order valence-corrected chi connectivity index (χ0v) is 14.3. The number of nitrogens with one attached hydrogen (secondary N) is 1. The van der Waals surface area contributed by atoms with Crippen LogP contribution in [0.4, 0.5) is 5.82 Å². The number of piperidine rings is 1. The van der Waals surface area contributed by atoms with E-state index in [1.165, 1.54) is 63.5 Å². The summed E-state index contributed by atoms with van der Waals surface area (Å²) < 4.78 is 0. The Labute approximate surface area is 138 Å². The van der Waals surface area contributed by atoms with Crippen molar-refractivity contribution < 1.29 is 0 Å². The lowest BCUT2D eigenvalue weighted by atomic mass is 9.86. The maximum absolute atomic E-state index is 4.77. The monoisotopic (exact) mass is 312 g/mol. The van der Waals surface area contributed by atoms with Gasteiger partial charge in [0.25, 0.3) is 0 Å². The lowest BCUT2D eigenvalue weighted by Crippen LogP contribution is -2.30. The summed E-state index contributed by atoms with van der Waals surface area (Å²) in [6.07, 6.45) is 12.1. The molecule has 2 aromatic rings. The molecule has 3 heterocycles. The molecule has 23 heavy (non-hydrogen) atoms. The van der Waals surface area contributed by atoms with E-state index in [9.17, 15) is 0 Å². The standard InChI is InChI=1S/C19H28N4/c1-14-20-17-13-16(12-15-8-4-2-5-9-15)22-18(17)19(21-14)23-10-6-3-7-11-23/h13,15,22H,2-12H2,1H3. The fourth-order valence-electron chi connectivity index (χ4n) is 4.31. The van der Waals surface area contributed by atoms with Gasteiger partial charge in [-0.2, -0.15) is 0 Å². The third-order valence-electron chi connectivity index (χ3n) is 5.52. The number of aryl methyl sites for hydroxylation is 1. The number of H-pyrrole nitrogens is 1. The second-order valence-electron chi connectivity index (χ2n) is 7.41. The van der Waals surface area contributed by atoms with Gasteiger partial charge in [-0.3, -0.25) is 0 Å². The van der Waals surface area contributed by atoms with Crippen molar-refractivity contribution in [3.63, 3.8) is 0 Å². The SMILES string of the molecule is Cc1nc(N2CCCCC2)c2[nH]c(CC3CCCCC3)cc2n1. The Bertz CT molecular complexity index is 663. The van der Waals surface area contributed by atoms with Gasteiger partial charge in [-0.05, 0) is 44.6 Å². The van der Waals surface area contributed by atoms with Gasteiger partial charge in [0.2, 0.25) is 0 Å². The van der Waals surface area contributed by atoms with Crippen LogP contribution in [0.5, 0.6) is 0 Å². The van der Waals surface area contributed by atoms with E-state index >= 15 is 0 Å². The first-order valence-electron chi connectivity index (χ1n) is 9.41. The van der Waals surface area contributed by atoms with Crippen molar-refractivity contribution in [2.24, 2.45) is 5.92 Å². The van der Waals surface area contributed by atoms with E-state index in [2.05, 4.69) is 20.9 Å². The maximum Gasteiger partial charge on any atom is 0.156 e. The average molecular weight is 312 g/mol. The van der Waals surface area contributed by atoms with Gasteiger partial charge in [-0.1, -0.05) is 32.1 Å². The highest BCUT2D eigenvalue weighted by Gasteiger charge is 2.20. The van der Waals surface area contributed by atoms with Crippen molar-refractivity contribution in [1.29, 1.82) is 0 Å². The molecule has 0 bridgehead atoms. The highest BCUT2D eigenvalue weighted by molar-refractivity contribution is 5.87. The second-order valence-corrected chi connectivity index (χ2v) is 7.41. The maximum atomic E-state index is 4.77. The molecule has 0 unspecified atom stereocenters.